The van der Waals surface area contributed by atoms with Gasteiger partial charge in [0.25, 0.3) is 0 Å². The third-order valence-corrected chi connectivity index (χ3v) is 13.7. The standard InChI is InChI=1S/C61H108O12/c1-4-7-10-13-16-19-22-24-25-26-27-28-29-31-33-35-38-41-44-47-53(62)69-50-52(71-54(63)48-45-42-39-37-34-30-23-20-17-14-11-8-5-2)51-70-61-59(57(66)56(65)58(73-61)60(67)68)72-55(64)49-46-43-40-36-32-21-18-15-12-9-6-3/h8,11,17,20,30,34,52,56-59,61,65-66H,4-7,9-10,12-16,18-19,21-29,31-33,35-51H2,1-3H3,(H,67,68)/b11-8-,20-17-,34-30-. The Kier molecular flexibility index (Phi) is 46.4. The number of carbonyl (C=O) groups excluding carboxylic acids is 3. The average molecular weight is 1030 g/mol. The number of carboxylic acid groups (broad SMARTS) is 1. The smallest absolute Gasteiger partial charge is 0.335 e. The summed E-state index contributed by atoms with van der Waals surface area (Å²) in [6.45, 7) is 5.86. The van der Waals surface area contributed by atoms with E-state index in [1.807, 2.05) is 0 Å². The number of aliphatic hydroxyl groups is 2. The van der Waals surface area contributed by atoms with Gasteiger partial charge < -0.3 is 39.0 Å². The Morgan fingerprint density at radius 3 is 1.32 bits per heavy atom. The van der Waals surface area contributed by atoms with Crippen molar-refractivity contribution in [2.45, 2.75) is 314 Å². The lowest BCUT2D eigenvalue weighted by Crippen LogP contribution is -2.61. The van der Waals surface area contributed by atoms with E-state index in [4.69, 9.17) is 23.7 Å². The van der Waals surface area contributed by atoms with Gasteiger partial charge in [0.05, 0.1) is 6.61 Å². The topological polar surface area (TPSA) is 175 Å². The monoisotopic (exact) mass is 1030 g/mol. The molecule has 73 heavy (non-hydrogen) atoms. The second-order valence-corrected chi connectivity index (χ2v) is 20.6. The summed E-state index contributed by atoms with van der Waals surface area (Å²) in [5.74, 6) is -3.13. The number of ether oxygens (including phenoxy) is 5. The number of carbonyl (C=O) groups is 4. The van der Waals surface area contributed by atoms with Gasteiger partial charge >= 0.3 is 23.9 Å². The summed E-state index contributed by atoms with van der Waals surface area (Å²) in [6, 6.07) is 0. The van der Waals surface area contributed by atoms with E-state index in [9.17, 15) is 34.5 Å². The first-order valence-electron chi connectivity index (χ1n) is 30.0. The van der Waals surface area contributed by atoms with Crippen molar-refractivity contribution in [2.24, 2.45) is 0 Å². The first-order chi connectivity index (χ1) is 35.6. The number of unbranched alkanes of at least 4 members (excludes halogenated alkanes) is 31. The molecule has 0 bridgehead atoms. The number of hydrogen-bond donors (Lipinski definition) is 3. The van der Waals surface area contributed by atoms with Crippen LogP contribution in [0.5, 0.6) is 0 Å². The van der Waals surface area contributed by atoms with Crippen LogP contribution in [-0.2, 0) is 42.9 Å². The largest absolute Gasteiger partial charge is 0.479 e. The van der Waals surface area contributed by atoms with Gasteiger partial charge in [-0.15, -0.1) is 0 Å². The Hall–Kier alpha value is -3.06. The zero-order valence-electron chi connectivity index (χ0n) is 46.6. The number of esters is 3. The quantitative estimate of drug-likeness (QED) is 0.0228. The Bertz CT molecular complexity index is 1410. The second kappa shape index (κ2) is 49.8. The van der Waals surface area contributed by atoms with Crippen LogP contribution in [0.25, 0.3) is 0 Å². The van der Waals surface area contributed by atoms with Crippen LogP contribution < -0.4 is 0 Å². The van der Waals surface area contributed by atoms with Crippen molar-refractivity contribution in [2.75, 3.05) is 13.2 Å². The van der Waals surface area contributed by atoms with Gasteiger partial charge in [0.2, 0.25) is 0 Å². The van der Waals surface area contributed by atoms with Gasteiger partial charge in [-0.3, -0.25) is 14.4 Å². The molecule has 0 aromatic rings. The Morgan fingerprint density at radius 2 is 0.863 bits per heavy atom. The van der Waals surface area contributed by atoms with E-state index in [0.717, 1.165) is 83.5 Å². The highest BCUT2D eigenvalue weighted by atomic mass is 16.7. The summed E-state index contributed by atoms with van der Waals surface area (Å²) in [7, 11) is 0. The first-order valence-corrected chi connectivity index (χ1v) is 30.0. The van der Waals surface area contributed by atoms with Gasteiger partial charge in [-0.2, -0.15) is 0 Å². The van der Waals surface area contributed by atoms with Crippen molar-refractivity contribution in [3.63, 3.8) is 0 Å². The molecule has 3 N–H and O–H groups in total. The van der Waals surface area contributed by atoms with E-state index in [-0.39, 0.29) is 25.9 Å². The van der Waals surface area contributed by atoms with Crippen molar-refractivity contribution in [1.29, 1.82) is 0 Å². The van der Waals surface area contributed by atoms with Gasteiger partial charge in [0, 0.05) is 19.3 Å². The van der Waals surface area contributed by atoms with Gasteiger partial charge in [-0.05, 0) is 51.4 Å². The molecule has 1 heterocycles. The highest BCUT2D eigenvalue weighted by molar-refractivity contribution is 5.74. The number of allylic oxidation sites excluding steroid dienone is 6. The molecule has 0 radical (unpaired) electrons. The Balaban J connectivity index is 2.65. The van der Waals surface area contributed by atoms with Crippen LogP contribution in [0.1, 0.15) is 278 Å². The Labute approximate surface area is 444 Å². The maximum atomic E-state index is 13.1. The minimum atomic E-state index is -1.90. The highest BCUT2D eigenvalue weighted by Gasteiger charge is 2.50. The SMILES string of the molecule is CC/C=C\C/C=C\C/C=C\CCCCCC(=O)OC(COC(=O)CCCCCCCCCCCCCCCCCCCCC)COC1OC(C(=O)O)C(O)C(O)C1OC(=O)CCCCCCCCCCCCC. The van der Waals surface area contributed by atoms with Crippen LogP contribution in [0, 0.1) is 0 Å². The summed E-state index contributed by atoms with van der Waals surface area (Å²) in [4.78, 5) is 51.0. The predicted octanol–water partition coefficient (Wildman–Crippen LogP) is 15.2. The first kappa shape index (κ1) is 68.0. The second-order valence-electron chi connectivity index (χ2n) is 20.6. The molecule has 0 aliphatic carbocycles. The zero-order valence-corrected chi connectivity index (χ0v) is 46.6. The third-order valence-electron chi connectivity index (χ3n) is 13.7. The number of carboxylic acids is 1. The van der Waals surface area contributed by atoms with Gasteiger partial charge in [-0.1, -0.05) is 243 Å². The number of aliphatic hydroxyl groups excluding tert-OH is 2. The molecule has 1 saturated heterocycles. The van der Waals surface area contributed by atoms with Crippen LogP contribution >= 0.6 is 0 Å². The normalized spacial score (nSPS) is 18.5. The van der Waals surface area contributed by atoms with Crippen molar-refractivity contribution < 1.29 is 58.2 Å². The summed E-state index contributed by atoms with van der Waals surface area (Å²) in [5, 5.41) is 31.4. The van der Waals surface area contributed by atoms with Crippen LogP contribution in [0.2, 0.25) is 0 Å². The molecule has 0 aromatic carbocycles. The fourth-order valence-corrected chi connectivity index (χ4v) is 9.15. The molecule has 6 atom stereocenters. The highest BCUT2D eigenvalue weighted by Crippen LogP contribution is 2.27. The van der Waals surface area contributed by atoms with Crippen LogP contribution in [0.15, 0.2) is 36.5 Å². The molecule has 1 rings (SSSR count). The van der Waals surface area contributed by atoms with Crippen molar-refractivity contribution >= 4 is 23.9 Å². The molecular formula is C61H108O12. The molecule has 1 fully saturated rings. The molecule has 12 heteroatoms. The fraction of sp³-hybridized carbons (Fsp3) is 0.836. The van der Waals surface area contributed by atoms with Crippen molar-refractivity contribution in [1.82, 2.24) is 0 Å². The molecule has 0 spiro atoms. The molecular weight excluding hydrogens is 925 g/mol. The lowest BCUT2D eigenvalue weighted by molar-refractivity contribution is -0.301. The molecule has 0 amide bonds. The van der Waals surface area contributed by atoms with E-state index >= 15 is 0 Å². The lowest BCUT2D eigenvalue weighted by atomic mass is 9.98. The number of aliphatic carboxylic acids is 1. The summed E-state index contributed by atoms with van der Waals surface area (Å²) in [6.07, 6.45) is 45.6. The molecule has 1 aliphatic heterocycles. The van der Waals surface area contributed by atoms with Gasteiger partial charge in [-0.25, -0.2) is 4.79 Å². The third kappa shape index (κ3) is 39.9. The molecule has 0 aromatic heterocycles. The van der Waals surface area contributed by atoms with Crippen molar-refractivity contribution in [3.05, 3.63) is 36.5 Å². The molecule has 0 saturated carbocycles. The average Bonchev–Trinajstić information content (AvgIpc) is 3.37. The molecule has 1 aliphatic rings. The summed E-state index contributed by atoms with van der Waals surface area (Å²) in [5.41, 5.74) is 0. The summed E-state index contributed by atoms with van der Waals surface area (Å²) < 4.78 is 28.4. The van der Waals surface area contributed by atoms with E-state index < -0.39 is 67.3 Å². The van der Waals surface area contributed by atoms with E-state index in [0.29, 0.717) is 19.3 Å². The fourth-order valence-electron chi connectivity index (χ4n) is 9.15. The minimum absolute atomic E-state index is 0.0614. The zero-order chi connectivity index (χ0) is 53.3. The Morgan fingerprint density at radius 1 is 0.466 bits per heavy atom. The predicted molar refractivity (Wildman–Crippen MR) is 294 cm³/mol. The number of hydrogen-bond acceptors (Lipinski definition) is 11. The molecule has 6 unspecified atom stereocenters. The van der Waals surface area contributed by atoms with Gasteiger partial charge in [0.1, 0.15) is 18.8 Å². The van der Waals surface area contributed by atoms with Crippen LogP contribution in [0.4, 0.5) is 0 Å². The maximum absolute atomic E-state index is 13.1. The molecule has 424 valence electrons. The van der Waals surface area contributed by atoms with Gasteiger partial charge in [0.15, 0.2) is 24.6 Å². The van der Waals surface area contributed by atoms with E-state index in [1.165, 1.54) is 135 Å². The summed E-state index contributed by atoms with van der Waals surface area (Å²) >= 11 is 0. The maximum Gasteiger partial charge on any atom is 0.335 e. The molecule has 12 nitrogen and oxygen atoms in total. The number of rotatable bonds is 51. The van der Waals surface area contributed by atoms with Crippen molar-refractivity contribution in [3.8, 4) is 0 Å². The van der Waals surface area contributed by atoms with Crippen LogP contribution in [0.3, 0.4) is 0 Å². The minimum Gasteiger partial charge on any atom is -0.479 e. The van der Waals surface area contributed by atoms with Crippen LogP contribution in [-0.4, -0.2) is 89.2 Å². The van der Waals surface area contributed by atoms with E-state index in [1.54, 1.807) is 0 Å². The lowest BCUT2D eigenvalue weighted by Gasteiger charge is -2.40. The van der Waals surface area contributed by atoms with E-state index in [2.05, 4.69) is 57.2 Å².